The van der Waals surface area contributed by atoms with Gasteiger partial charge in [0.15, 0.2) is 0 Å². The third kappa shape index (κ3) is 3.24. The number of pyridine rings is 1. The average molecular weight is 229 g/mol. The van der Waals surface area contributed by atoms with Gasteiger partial charge in [0, 0.05) is 6.20 Å². The van der Waals surface area contributed by atoms with E-state index in [1.165, 1.54) is 0 Å². The van der Waals surface area contributed by atoms with Gasteiger partial charge in [0.05, 0.1) is 11.6 Å². The maximum absolute atomic E-state index is 12.1. The van der Waals surface area contributed by atoms with Crippen molar-refractivity contribution >= 4 is 11.7 Å². The first kappa shape index (κ1) is 12.0. The number of amides is 1. The third-order valence-electron chi connectivity index (χ3n) is 1.60. The molecule has 1 amide bonds. The Kier molecular flexibility index (Phi) is 3.45. The fourth-order valence-corrected chi connectivity index (χ4v) is 0.894. The van der Waals surface area contributed by atoms with Crippen molar-refractivity contribution in [3.05, 3.63) is 23.9 Å². The van der Waals surface area contributed by atoms with E-state index in [4.69, 9.17) is 5.26 Å². The fraction of sp³-hybridized carbons (Fsp3) is 0.222. The average Bonchev–Trinajstić information content (AvgIpc) is 2.17. The number of aromatic nitrogens is 1. The molecule has 0 radical (unpaired) electrons. The molecule has 4 nitrogen and oxygen atoms in total. The van der Waals surface area contributed by atoms with E-state index in [0.29, 0.717) is 6.20 Å². The van der Waals surface area contributed by atoms with Crippen LogP contribution < -0.4 is 5.32 Å². The van der Waals surface area contributed by atoms with Gasteiger partial charge in [0.2, 0.25) is 5.91 Å². The van der Waals surface area contributed by atoms with Crippen molar-refractivity contribution in [2.24, 2.45) is 0 Å². The highest BCUT2D eigenvalue weighted by molar-refractivity contribution is 5.91. The van der Waals surface area contributed by atoms with Crippen molar-refractivity contribution in [1.29, 1.82) is 5.26 Å². The van der Waals surface area contributed by atoms with E-state index in [2.05, 4.69) is 10.3 Å². The van der Waals surface area contributed by atoms with Gasteiger partial charge in [-0.1, -0.05) is 0 Å². The number of carbonyl (C=O) groups is 1. The molecule has 1 aromatic rings. The van der Waals surface area contributed by atoms with Gasteiger partial charge in [0.25, 0.3) is 0 Å². The Labute approximate surface area is 88.7 Å². The van der Waals surface area contributed by atoms with Gasteiger partial charge in [-0.05, 0) is 12.1 Å². The molecule has 0 atom stereocenters. The van der Waals surface area contributed by atoms with Gasteiger partial charge in [0.1, 0.15) is 12.2 Å². The minimum absolute atomic E-state index is 0.0201. The third-order valence-corrected chi connectivity index (χ3v) is 1.60. The smallest absolute Gasteiger partial charge is 0.310 e. The van der Waals surface area contributed by atoms with Crippen molar-refractivity contribution in [3.8, 4) is 6.07 Å². The van der Waals surface area contributed by atoms with Gasteiger partial charge in [-0.25, -0.2) is 4.98 Å². The summed E-state index contributed by atoms with van der Waals surface area (Å²) in [6.07, 6.45) is -4.22. The molecule has 0 saturated heterocycles. The summed E-state index contributed by atoms with van der Waals surface area (Å²) in [5, 5.41) is 10.4. The number of rotatable bonds is 2. The zero-order valence-electron chi connectivity index (χ0n) is 7.88. The Balaban J connectivity index is 2.73. The van der Waals surface area contributed by atoms with Crippen LogP contribution in [-0.2, 0) is 11.0 Å². The van der Waals surface area contributed by atoms with Gasteiger partial charge >= 0.3 is 6.18 Å². The molecule has 0 fully saturated rings. The van der Waals surface area contributed by atoms with E-state index >= 15 is 0 Å². The summed E-state index contributed by atoms with van der Waals surface area (Å²) < 4.78 is 36.4. The topological polar surface area (TPSA) is 65.8 Å². The lowest BCUT2D eigenvalue weighted by Gasteiger charge is -2.06. The number of nitriles is 1. The van der Waals surface area contributed by atoms with Crippen LogP contribution in [0.2, 0.25) is 0 Å². The minimum atomic E-state index is -4.46. The van der Waals surface area contributed by atoms with Crippen molar-refractivity contribution in [2.75, 3.05) is 5.32 Å². The van der Waals surface area contributed by atoms with Crippen LogP contribution in [0.4, 0.5) is 19.0 Å². The number of nitrogens with zero attached hydrogens (tertiary/aromatic N) is 2. The van der Waals surface area contributed by atoms with Crippen molar-refractivity contribution in [3.63, 3.8) is 0 Å². The van der Waals surface area contributed by atoms with Gasteiger partial charge in [-0.15, -0.1) is 0 Å². The molecule has 0 aliphatic rings. The molecule has 1 N–H and O–H groups in total. The maximum atomic E-state index is 12.1. The van der Waals surface area contributed by atoms with Crippen molar-refractivity contribution in [2.45, 2.75) is 12.6 Å². The van der Waals surface area contributed by atoms with Crippen molar-refractivity contribution in [1.82, 2.24) is 4.98 Å². The Morgan fingerprint density at radius 2 is 2.19 bits per heavy atom. The van der Waals surface area contributed by atoms with Crippen LogP contribution in [0.15, 0.2) is 18.3 Å². The van der Waals surface area contributed by atoms with Crippen molar-refractivity contribution < 1.29 is 18.0 Å². The lowest BCUT2D eigenvalue weighted by atomic mass is 10.3. The van der Waals surface area contributed by atoms with Crippen LogP contribution in [-0.4, -0.2) is 10.9 Å². The molecule has 0 aliphatic carbocycles. The molecule has 0 spiro atoms. The molecule has 0 saturated carbocycles. The number of halogens is 3. The molecule has 84 valence electrons. The van der Waals surface area contributed by atoms with Crippen LogP contribution in [0.1, 0.15) is 12.0 Å². The molecule has 1 rings (SSSR count). The summed E-state index contributed by atoms with van der Waals surface area (Å²) in [6, 6.07) is 3.43. The highest BCUT2D eigenvalue weighted by Gasteiger charge is 2.30. The Bertz CT molecular complexity index is 419. The van der Waals surface area contributed by atoms with Crippen LogP contribution in [0.3, 0.4) is 0 Å². The lowest BCUT2D eigenvalue weighted by molar-refractivity contribution is -0.137. The molecule has 0 bridgehead atoms. The number of carbonyl (C=O) groups excluding carboxylic acids is 1. The zero-order chi connectivity index (χ0) is 12.2. The van der Waals surface area contributed by atoms with E-state index < -0.39 is 17.6 Å². The molecular weight excluding hydrogens is 223 g/mol. The summed E-state index contributed by atoms with van der Waals surface area (Å²) in [5.74, 6) is -0.636. The molecule has 7 heteroatoms. The number of anilines is 1. The maximum Gasteiger partial charge on any atom is 0.417 e. The molecule has 0 aromatic carbocycles. The van der Waals surface area contributed by atoms with E-state index in [9.17, 15) is 18.0 Å². The summed E-state index contributed by atoms with van der Waals surface area (Å²) in [6.45, 7) is 0. The van der Waals surface area contributed by atoms with E-state index in [-0.39, 0.29) is 12.2 Å². The largest absolute Gasteiger partial charge is 0.417 e. The van der Waals surface area contributed by atoms with Crippen LogP contribution in [0.5, 0.6) is 0 Å². The van der Waals surface area contributed by atoms with E-state index in [1.807, 2.05) is 0 Å². The Morgan fingerprint density at radius 3 is 2.62 bits per heavy atom. The van der Waals surface area contributed by atoms with Gasteiger partial charge in [-0.3, -0.25) is 4.79 Å². The lowest BCUT2D eigenvalue weighted by Crippen LogP contribution is -2.12. The summed E-state index contributed by atoms with van der Waals surface area (Å²) in [7, 11) is 0. The normalized spacial score (nSPS) is 10.6. The quantitative estimate of drug-likeness (QED) is 0.842. The first-order chi connectivity index (χ1) is 7.43. The minimum Gasteiger partial charge on any atom is -0.310 e. The first-order valence-corrected chi connectivity index (χ1v) is 4.13. The van der Waals surface area contributed by atoms with Crippen LogP contribution >= 0.6 is 0 Å². The number of hydrogen-bond acceptors (Lipinski definition) is 3. The molecular formula is C9H6F3N3O. The Hall–Kier alpha value is -2.10. The van der Waals surface area contributed by atoms with E-state index in [1.54, 1.807) is 6.07 Å². The second-order valence-electron chi connectivity index (χ2n) is 2.81. The van der Waals surface area contributed by atoms with E-state index in [0.717, 1.165) is 12.1 Å². The standard InChI is InChI=1S/C9H6F3N3O/c10-9(11,12)6-1-2-7(14-5-6)15-8(16)3-4-13/h1-2,5H,3H2,(H,14,15,16). The predicted octanol–water partition coefficient (Wildman–Crippen LogP) is 1.95. The molecule has 1 aromatic heterocycles. The number of hydrogen-bond donors (Lipinski definition) is 1. The fourth-order valence-electron chi connectivity index (χ4n) is 0.894. The highest BCUT2D eigenvalue weighted by atomic mass is 19.4. The SMILES string of the molecule is N#CCC(=O)Nc1ccc(C(F)(F)F)cn1. The molecule has 1 heterocycles. The number of nitrogens with one attached hydrogen (secondary N) is 1. The highest BCUT2D eigenvalue weighted by Crippen LogP contribution is 2.28. The molecule has 16 heavy (non-hydrogen) atoms. The Morgan fingerprint density at radius 1 is 1.50 bits per heavy atom. The second kappa shape index (κ2) is 4.61. The monoisotopic (exact) mass is 229 g/mol. The predicted molar refractivity (Wildman–Crippen MR) is 48.1 cm³/mol. The van der Waals surface area contributed by atoms with Crippen LogP contribution in [0.25, 0.3) is 0 Å². The van der Waals surface area contributed by atoms with Gasteiger partial charge in [-0.2, -0.15) is 18.4 Å². The molecule has 0 aliphatic heterocycles. The second-order valence-corrected chi connectivity index (χ2v) is 2.81. The summed E-state index contributed by atoms with van der Waals surface area (Å²) in [4.78, 5) is 14.3. The summed E-state index contributed by atoms with van der Waals surface area (Å²) >= 11 is 0. The van der Waals surface area contributed by atoms with Gasteiger partial charge < -0.3 is 5.32 Å². The summed E-state index contributed by atoms with van der Waals surface area (Å²) in [5.41, 5.74) is -0.897. The zero-order valence-corrected chi connectivity index (χ0v) is 7.88. The molecule has 0 unspecified atom stereocenters. The number of alkyl halides is 3. The van der Waals surface area contributed by atoms with Crippen LogP contribution in [0, 0.1) is 11.3 Å². The first-order valence-electron chi connectivity index (χ1n) is 4.13.